The molecule has 9 heteroatoms. The van der Waals surface area contributed by atoms with Crippen molar-refractivity contribution in [2.45, 2.75) is 31.9 Å². The van der Waals surface area contributed by atoms with E-state index in [4.69, 9.17) is 22.3 Å². The van der Waals surface area contributed by atoms with Crippen molar-refractivity contribution in [3.8, 4) is 0 Å². The third kappa shape index (κ3) is 8.08. The fraction of sp³-hybridized carbons (Fsp3) is 0.200. The Balaban J connectivity index is 0.00000289. The summed E-state index contributed by atoms with van der Waals surface area (Å²) in [7, 11) is 0. The number of alkyl halides is 3. The van der Waals surface area contributed by atoms with Gasteiger partial charge in [-0.1, -0.05) is 54.6 Å². The SMILES string of the molecule is Cl.Cl.N=C(N)c1ccc(CCc2cc(CCc3ccc(C(=N)N)cc3)cc(C(F)(F)F)c2)cc1. The van der Waals surface area contributed by atoms with Crippen LogP contribution in [0.1, 0.15) is 38.9 Å². The van der Waals surface area contributed by atoms with Crippen LogP contribution in [0, 0.1) is 10.8 Å². The molecule has 0 saturated carbocycles. The van der Waals surface area contributed by atoms with Gasteiger partial charge in [0.2, 0.25) is 0 Å². The smallest absolute Gasteiger partial charge is 0.384 e. The highest BCUT2D eigenvalue weighted by Gasteiger charge is 2.31. The van der Waals surface area contributed by atoms with Crippen LogP contribution in [0.15, 0.2) is 66.7 Å². The highest BCUT2D eigenvalue weighted by molar-refractivity contribution is 5.95. The predicted molar refractivity (Wildman–Crippen MR) is 136 cm³/mol. The second kappa shape index (κ2) is 12.4. The van der Waals surface area contributed by atoms with E-state index in [1.54, 1.807) is 24.3 Å². The van der Waals surface area contributed by atoms with Crippen molar-refractivity contribution in [1.29, 1.82) is 10.8 Å². The maximum atomic E-state index is 13.5. The van der Waals surface area contributed by atoms with Gasteiger partial charge >= 0.3 is 6.18 Å². The molecule has 0 heterocycles. The summed E-state index contributed by atoms with van der Waals surface area (Å²) in [6.45, 7) is 0. The summed E-state index contributed by atoms with van der Waals surface area (Å²) in [5.41, 5.74) is 14.7. The van der Waals surface area contributed by atoms with E-state index in [-0.39, 0.29) is 36.5 Å². The number of halogens is 5. The van der Waals surface area contributed by atoms with Gasteiger partial charge in [0.05, 0.1) is 5.56 Å². The zero-order valence-electron chi connectivity index (χ0n) is 18.3. The van der Waals surface area contributed by atoms with Crippen LogP contribution in [0.4, 0.5) is 13.2 Å². The number of hydrogen-bond donors (Lipinski definition) is 4. The molecular formula is C25H27Cl2F3N4. The van der Waals surface area contributed by atoms with E-state index >= 15 is 0 Å². The van der Waals surface area contributed by atoms with E-state index in [0.717, 1.165) is 11.1 Å². The van der Waals surface area contributed by atoms with Gasteiger partial charge in [0, 0.05) is 11.1 Å². The molecule has 0 aliphatic rings. The molecule has 3 aromatic rings. The molecule has 182 valence electrons. The summed E-state index contributed by atoms with van der Waals surface area (Å²) < 4.78 is 40.4. The Hall–Kier alpha value is -3.03. The highest BCUT2D eigenvalue weighted by atomic mass is 35.5. The molecule has 0 aromatic heterocycles. The molecule has 4 nitrogen and oxygen atoms in total. The van der Waals surface area contributed by atoms with Gasteiger partial charge in [-0.25, -0.2) is 0 Å². The minimum Gasteiger partial charge on any atom is -0.384 e. The zero-order valence-corrected chi connectivity index (χ0v) is 19.9. The number of hydrogen-bond acceptors (Lipinski definition) is 2. The van der Waals surface area contributed by atoms with Crippen LogP contribution in [0.5, 0.6) is 0 Å². The van der Waals surface area contributed by atoms with Gasteiger partial charge in [-0.15, -0.1) is 24.8 Å². The summed E-state index contributed by atoms with van der Waals surface area (Å²) in [6.07, 6.45) is -2.28. The first kappa shape index (κ1) is 29.0. The molecule has 34 heavy (non-hydrogen) atoms. The summed E-state index contributed by atoms with van der Waals surface area (Å²) in [5.74, 6) is -0.0370. The van der Waals surface area contributed by atoms with Crippen LogP contribution in [0.3, 0.4) is 0 Å². The molecule has 0 aliphatic heterocycles. The lowest BCUT2D eigenvalue weighted by molar-refractivity contribution is -0.137. The van der Waals surface area contributed by atoms with Crippen LogP contribution < -0.4 is 11.5 Å². The molecule has 0 aliphatic carbocycles. The lowest BCUT2D eigenvalue weighted by Crippen LogP contribution is -2.11. The standard InChI is InChI=1S/C25H25F3N4.2ClH/c26-25(27,28)22-14-18(3-1-16-5-9-20(10-6-16)23(29)30)13-19(15-22)4-2-17-7-11-21(12-8-17)24(31)32;;/h5-15H,1-4H2,(H3,29,30)(H3,31,32);2*1H. The van der Waals surface area contributed by atoms with Gasteiger partial charge in [0.1, 0.15) is 11.7 Å². The maximum absolute atomic E-state index is 13.5. The Kier molecular flexibility index (Phi) is 10.6. The van der Waals surface area contributed by atoms with Crippen molar-refractivity contribution in [2.75, 3.05) is 0 Å². The summed E-state index contributed by atoms with van der Waals surface area (Å²) in [5, 5.41) is 14.9. The molecule has 0 saturated heterocycles. The number of nitrogens with two attached hydrogens (primary N) is 2. The van der Waals surface area contributed by atoms with Crippen LogP contribution in [-0.2, 0) is 31.9 Å². The molecule has 0 amide bonds. The van der Waals surface area contributed by atoms with E-state index in [1.165, 1.54) is 12.1 Å². The van der Waals surface area contributed by atoms with Crippen molar-refractivity contribution in [3.05, 3.63) is 106 Å². The third-order valence-electron chi connectivity index (χ3n) is 5.31. The highest BCUT2D eigenvalue weighted by Crippen LogP contribution is 2.31. The quantitative estimate of drug-likeness (QED) is 0.231. The van der Waals surface area contributed by atoms with Crippen LogP contribution in [-0.4, -0.2) is 11.7 Å². The summed E-state index contributed by atoms with van der Waals surface area (Å²) >= 11 is 0. The fourth-order valence-corrected chi connectivity index (χ4v) is 3.49. The first-order chi connectivity index (χ1) is 15.1. The molecule has 0 radical (unpaired) electrons. The monoisotopic (exact) mass is 510 g/mol. The molecule has 0 atom stereocenters. The summed E-state index contributed by atoms with van der Waals surface area (Å²) in [6, 6.07) is 18.6. The minimum absolute atomic E-state index is 0. The van der Waals surface area contributed by atoms with E-state index < -0.39 is 11.7 Å². The maximum Gasteiger partial charge on any atom is 0.416 e. The van der Waals surface area contributed by atoms with E-state index in [1.807, 2.05) is 30.3 Å². The van der Waals surface area contributed by atoms with E-state index in [0.29, 0.717) is 47.9 Å². The summed E-state index contributed by atoms with van der Waals surface area (Å²) in [4.78, 5) is 0. The second-order valence-corrected chi connectivity index (χ2v) is 7.76. The molecule has 0 spiro atoms. The molecule has 3 rings (SSSR count). The molecule has 0 fully saturated rings. The van der Waals surface area contributed by atoms with Gasteiger partial charge in [-0.05, 0) is 60.1 Å². The number of rotatable bonds is 8. The molecule has 6 N–H and O–H groups in total. The van der Waals surface area contributed by atoms with Gasteiger partial charge < -0.3 is 11.5 Å². The van der Waals surface area contributed by atoms with Crippen LogP contribution in [0.2, 0.25) is 0 Å². The Morgan fingerprint density at radius 2 is 0.912 bits per heavy atom. The number of benzene rings is 3. The lowest BCUT2D eigenvalue weighted by atomic mass is 9.96. The molecular weight excluding hydrogens is 484 g/mol. The molecule has 0 unspecified atom stereocenters. The Bertz CT molecular complexity index is 1030. The van der Waals surface area contributed by atoms with Gasteiger partial charge in [-0.3, -0.25) is 10.8 Å². The fourth-order valence-electron chi connectivity index (χ4n) is 3.49. The number of aryl methyl sites for hydroxylation is 4. The predicted octanol–water partition coefficient (Wildman–Crippen LogP) is 5.69. The average Bonchev–Trinajstić information content (AvgIpc) is 2.76. The first-order valence-corrected chi connectivity index (χ1v) is 10.2. The Morgan fingerprint density at radius 1 is 0.588 bits per heavy atom. The Morgan fingerprint density at radius 3 is 1.21 bits per heavy atom. The normalized spacial score (nSPS) is 10.7. The second-order valence-electron chi connectivity index (χ2n) is 7.76. The number of amidine groups is 2. The third-order valence-corrected chi connectivity index (χ3v) is 5.31. The molecule has 3 aromatic carbocycles. The van der Waals surface area contributed by atoms with Crippen molar-refractivity contribution >= 4 is 36.5 Å². The first-order valence-electron chi connectivity index (χ1n) is 10.2. The minimum atomic E-state index is -4.41. The van der Waals surface area contributed by atoms with E-state index in [9.17, 15) is 13.2 Å². The van der Waals surface area contributed by atoms with Gasteiger partial charge in [0.15, 0.2) is 0 Å². The van der Waals surface area contributed by atoms with Crippen LogP contribution >= 0.6 is 24.8 Å². The van der Waals surface area contributed by atoms with Crippen LogP contribution in [0.25, 0.3) is 0 Å². The van der Waals surface area contributed by atoms with E-state index in [2.05, 4.69) is 0 Å². The van der Waals surface area contributed by atoms with Crippen molar-refractivity contribution in [3.63, 3.8) is 0 Å². The topological polar surface area (TPSA) is 99.7 Å². The molecule has 0 bridgehead atoms. The zero-order chi connectivity index (χ0) is 23.3. The van der Waals surface area contributed by atoms with Crippen molar-refractivity contribution in [2.24, 2.45) is 11.5 Å². The number of nitrogen functional groups attached to an aromatic ring is 2. The average molecular weight is 511 g/mol. The number of nitrogens with one attached hydrogen (secondary N) is 2. The van der Waals surface area contributed by atoms with Crippen molar-refractivity contribution < 1.29 is 13.2 Å². The van der Waals surface area contributed by atoms with Gasteiger partial charge in [0.25, 0.3) is 0 Å². The van der Waals surface area contributed by atoms with Gasteiger partial charge in [-0.2, -0.15) is 13.2 Å². The lowest BCUT2D eigenvalue weighted by Gasteiger charge is -2.13. The Labute approximate surface area is 209 Å². The largest absolute Gasteiger partial charge is 0.416 e. The van der Waals surface area contributed by atoms with Crippen molar-refractivity contribution in [1.82, 2.24) is 0 Å².